The number of aromatic nitrogens is 1. The standard InChI is InChI=1S/C16H15FN2O2S/c1-10-11(2)18-16-14(10)4-3-5-15(16)19-22(20,21)13-8-6-12(17)7-9-13/h3-9,18-19H,1-2H3. The number of hydrogen-bond acceptors (Lipinski definition) is 2. The van der Waals surface area contributed by atoms with Crippen LogP contribution in [0.2, 0.25) is 0 Å². The number of benzene rings is 2. The Morgan fingerprint density at radius 2 is 1.73 bits per heavy atom. The average molecular weight is 318 g/mol. The Hall–Kier alpha value is -2.34. The second-order valence-corrected chi connectivity index (χ2v) is 6.84. The van der Waals surface area contributed by atoms with Crippen molar-refractivity contribution in [3.63, 3.8) is 0 Å². The maximum atomic E-state index is 12.9. The van der Waals surface area contributed by atoms with E-state index in [4.69, 9.17) is 0 Å². The molecule has 0 radical (unpaired) electrons. The fraction of sp³-hybridized carbons (Fsp3) is 0.125. The van der Waals surface area contributed by atoms with Crippen molar-refractivity contribution in [1.82, 2.24) is 4.98 Å². The minimum Gasteiger partial charge on any atom is -0.357 e. The van der Waals surface area contributed by atoms with E-state index in [0.29, 0.717) is 5.69 Å². The van der Waals surface area contributed by atoms with E-state index in [9.17, 15) is 12.8 Å². The summed E-state index contributed by atoms with van der Waals surface area (Å²) in [6.07, 6.45) is 0. The zero-order chi connectivity index (χ0) is 15.9. The molecule has 0 aliphatic rings. The summed E-state index contributed by atoms with van der Waals surface area (Å²) < 4.78 is 40.3. The van der Waals surface area contributed by atoms with Crippen LogP contribution in [0.5, 0.6) is 0 Å². The van der Waals surface area contributed by atoms with Gasteiger partial charge in [-0.1, -0.05) is 12.1 Å². The number of nitrogens with one attached hydrogen (secondary N) is 2. The molecule has 3 aromatic rings. The summed E-state index contributed by atoms with van der Waals surface area (Å²) in [7, 11) is -3.76. The van der Waals surface area contributed by atoms with Crippen LogP contribution in [-0.2, 0) is 10.0 Å². The van der Waals surface area contributed by atoms with Gasteiger partial charge in [0.1, 0.15) is 5.82 Å². The first-order valence-electron chi connectivity index (χ1n) is 6.75. The monoisotopic (exact) mass is 318 g/mol. The molecule has 0 aliphatic heterocycles. The summed E-state index contributed by atoms with van der Waals surface area (Å²) >= 11 is 0. The summed E-state index contributed by atoms with van der Waals surface area (Å²) in [5, 5.41) is 0.969. The minimum absolute atomic E-state index is 0.0194. The predicted octanol–water partition coefficient (Wildman–Crippen LogP) is 3.72. The van der Waals surface area contributed by atoms with Crippen molar-refractivity contribution in [2.45, 2.75) is 18.7 Å². The van der Waals surface area contributed by atoms with Gasteiger partial charge in [-0.15, -0.1) is 0 Å². The Balaban J connectivity index is 2.06. The molecular weight excluding hydrogens is 303 g/mol. The number of H-pyrrole nitrogens is 1. The van der Waals surface area contributed by atoms with Gasteiger partial charge in [0.2, 0.25) is 0 Å². The van der Waals surface area contributed by atoms with E-state index in [1.54, 1.807) is 12.1 Å². The van der Waals surface area contributed by atoms with Crippen LogP contribution in [0.4, 0.5) is 10.1 Å². The molecule has 0 bridgehead atoms. The molecule has 0 spiro atoms. The van der Waals surface area contributed by atoms with Crippen molar-refractivity contribution in [1.29, 1.82) is 0 Å². The molecule has 1 aromatic heterocycles. The summed E-state index contributed by atoms with van der Waals surface area (Å²) in [5.74, 6) is -0.475. The molecule has 4 nitrogen and oxygen atoms in total. The maximum Gasteiger partial charge on any atom is 0.261 e. The SMILES string of the molecule is Cc1[nH]c2c(NS(=O)(=O)c3ccc(F)cc3)cccc2c1C. The molecule has 0 fully saturated rings. The number of aryl methyl sites for hydroxylation is 2. The molecule has 22 heavy (non-hydrogen) atoms. The Morgan fingerprint density at radius 1 is 1.05 bits per heavy atom. The van der Waals surface area contributed by atoms with Crippen LogP contribution in [0, 0.1) is 19.7 Å². The third kappa shape index (κ3) is 2.46. The summed E-state index contributed by atoms with van der Waals surface area (Å²) in [6, 6.07) is 10.1. The highest BCUT2D eigenvalue weighted by Crippen LogP contribution is 2.29. The molecule has 0 saturated carbocycles. The van der Waals surface area contributed by atoms with Gasteiger partial charge in [0.25, 0.3) is 10.0 Å². The fourth-order valence-electron chi connectivity index (χ4n) is 2.39. The zero-order valence-corrected chi connectivity index (χ0v) is 13.0. The van der Waals surface area contributed by atoms with Gasteiger partial charge in [-0.05, 0) is 49.7 Å². The molecule has 3 rings (SSSR count). The van der Waals surface area contributed by atoms with Crippen molar-refractivity contribution >= 4 is 26.6 Å². The van der Waals surface area contributed by atoms with Crippen LogP contribution >= 0.6 is 0 Å². The van der Waals surface area contributed by atoms with Gasteiger partial charge >= 0.3 is 0 Å². The van der Waals surface area contributed by atoms with Crippen LogP contribution in [-0.4, -0.2) is 13.4 Å². The summed E-state index contributed by atoms with van der Waals surface area (Å²) in [4.78, 5) is 3.21. The summed E-state index contributed by atoms with van der Waals surface area (Å²) in [6.45, 7) is 3.92. The lowest BCUT2D eigenvalue weighted by Crippen LogP contribution is -2.13. The Morgan fingerprint density at radius 3 is 2.41 bits per heavy atom. The van der Waals surface area contributed by atoms with Crippen LogP contribution in [0.15, 0.2) is 47.4 Å². The molecule has 0 aliphatic carbocycles. The first-order valence-corrected chi connectivity index (χ1v) is 8.23. The number of rotatable bonds is 3. The van der Waals surface area contributed by atoms with Gasteiger partial charge in [0.15, 0.2) is 0 Å². The molecule has 2 N–H and O–H groups in total. The Bertz CT molecular complexity index is 944. The maximum absolute atomic E-state index is 12.9. The average Bonchev–Trinajstić information content (AvgIpc) is 2.76. The van der Waals surface area contributed by atoms with Crippen molar-refractivity contribution in [2.24, 2.45) is 0 Å². The molecule has 6 heteroatoms. The molecule has 0 atom stereocenters. The second-order valence-electron chi connectivity index (χ2n) is 5.16. The third-order valence-electron chi connectivity index (χ3n) is 3.71. The van der Waals surface area contributed by atoms with E-state index in [-0.39, 0.29) is 4.90 Å². The molecule has 0 unspecified atom stereocenters. The largest absolute Gasteiger partial charge is 0.357 e. The van der Waals surface area contributed by atoms with E-state index < -0.39 is 15.8 Å². The lowest BCUT2D eigenvalue weighted by molar-refractivity contribution is 0.599. The van der Waals surface area contributed by atoms with Crippen LogP contribution in [0.25, 0.3) is 10.9 Å². The van der Waals surface area contributed by atoms with Crippen LogP contribution in [0.1, 0.15) is 11.3 Å². The van der Waals surface area contributed by atoms with Gasteiger partial charge in [-0.2, -0.15) is 0 Å². The lowest BCUT2D eigenvalue weighted by atomic mass is 10.1. The minimum atomic E-state index is -3.76. The zero-order valence-electron chi connectivity index (χ0n) is 12.1. The van der Waals surface area contributed by atoms with Crippen molar-refractivity contribution in [3.05, 3.63) is 59.5 Å². The van der Waals surface area contributed by atoms with Crippen LogP contribution in [0.3, 0.4) is 0 Å². The van der Waals surface area contributed by atoms with Gasteiger partial charge in [-0.25, -0.2) is 12.8 Å². The quantitative estimate of drug-likeness (QED) is 0.773. The molecule has 2 aromatic carbocycles. The normalized spacial score (nSPS) is 11.8. The van der Waals surface area contributed by atoms with Crippen molar-refractivity contribution in [2.75, 3.05) is 4.72 Å². The first-order chi connectivity index (χ1) is 10.4. The smallest absolute Gasteiger partial charge is 0.261 e. The van der Waals surface area contributed by atoms with Gasteiger partial charge < -0.3 is 4.98 Å². The highest BCUT2D eigenvalue weighted by molar-refractivity contribution is 7.92. The van der Waals surface area contributed by atoms with E-state index in [0.717, 1.165) is 34.3 Å². The topological polar surface area (TPSA) is 62.0 Å². The number of para-hydroxylation sites is 1. The number of anilines is 1. The number of sulfonamides is 1. The van der Waals surface area contributed by atoms with Gasteiger partial charge in [0, 0.05) is 11.1 Å². The Kier molecular flexibility index (Phi) is 3.41. The van der Waals surface area contributed by atoms with E-state index >= 15 is 0 Å². The highest BCUT2D eigenvalue weighted by Gasteiger charge is 2.17. The molecule has 0 saturated heterocycles. The molecule has 0 amide bonds. The van der Waals surface area contributed by atoms with Gasteiger partial charge in [0.05, 0.1) is 16.1 Å². The van der Waals surface area contributed by atoms with Crippen LogP contribution < -0.4 is 4.72 Å². The number of halogens is 1. The fourth-order valence-corrected chi connectivity index (χ4v) is 3.46. The molecular formula is C16H15FN2O2S. The number of hydrogen-bond donors (Lipinski definition) is 2. The number of fused-ring (bicyclic) bond motifs is 1. The van der Waals surface area contributed by atoms with E-state index in [1.165, 1.54) is 12.1 Å². The highest BCUT2D eigenvalue weighted by atomic mass is 32.2. The Labute approximate surface area is 128 Å². The molecule has 114 valence electrons. The second kappa shape index (κ2) is 5.14. The third-order valence-corrected chi connectivity index (χ3v) is 5.09. The van der Waals surface area contributed by atoms with Gasteiger partial charge in [-0.3, -0.25) is 4.72 Å². The predicted molar refractivity (Wildman–Crippen MR) is 85.0 cm³/mol. The van der Waals surface area contributed by atoms with E-state index in [2.05, 4.69) is 9.71 Å². The molecule has 1 heterocycles. The lowest BCUT2D eigenvalue weighted by Gasteiger charge is -2.09. The van der Waals surface area contributed by atoms with Crippen molar-refractivity contribution in [3.8, 4) is 0 Å². The first kappa shape index (κ1) is 14.6. The number of aromatic amines is 1. The van der Waals surface area contributed by atoms with Crippen molar-refractivity contribution < 1.29 is 12.8 Å². The van der Waals surface area contributed by atoms with E-state index in [1.807, 2.05) is 19.9 Å². The summed E-state index contributed by atoms with van der Waals surface area (Å²) in [5.41, 5.74) is 3.28.